The van der Waals surface area contributed by atoms with Crippen molar-refractivity contribution in [2.45, 2.75) is 19.8 Å². The lowest BCUT2D eigenvalue weighted by atomic mass is 10.1. The van der Waals surface area contributed by atoms with Crippen LogP contribution >= 0.6 is 0 Å². The molecule has 0 spiro atoms. The first kappa shape index (κ1) is 12.6. The van der Waals surface area contributed by atoms with Gasteiger partial charge in [-0.05, 0) is 28.8 Å². The maximum absolute atomic E-state index is 9.05. The fourth-order valence-electron chi connectivity index (χ4n) is 1.75. The van der Waals surface area contributed by atoms with E-state index in [2.05, 4.69) is 0 Å². The first-order chi connectivity index (χ1) is 8.81. The molecule has 0 aromatic heterocycles. The number of hydrogen-bond acceptors (Lipinski definition) is 3. The Bertz CT molecular complexity index is 464. The Kier molecular flexibility index (Phi) is 4.34. The van der Waals surface area contributed by atoms with Crippen LogP contribution in [0.5, 0.6) is 5.75 Å². The molecule has 0 bridgehead atoms. The van der Waals surface area contributed by atoms with Crippen LogP contribution in [0.1, 0.15) is 16.7 Å². The van der Waals surface area contributed by atoms with E-state index in [1.807, 2.05) is 48.5 Å². The Labute approximate surface area is 107 Å². The van der Waals surface area contributed by atoms with Crippen LogP contribution in [0.3, 0.4) is 0 Å². The molecule has 0 aliphatic carbocycles. The third-order valence-corrected chi connectivity index (χ3v) is 2.71. The van der Waals surface area contributed by atoms with Gasteiger partial charge in [0.05, 0.1) is 6.61 Å². The number of benzene rings is 2. The second-order valence-corrected chi connectivity index (χ2v) is 4.12. The molecule has 0 aliphatic rings. The van der Waals surface area contributed by atoms with E-state index in [9.17, 15) is 0 Å². The molecule has 0 fully saturated rings. The Morgan fingerprint density at radius 1 is 0.944 bits per heavy atom. The smallest absolute Gasteiger partial charge is 0.120 e. The summed E-state index contributed by atoms with van der Waals surface area (Å²) in [6, 6.07) is 15.5. The van der Waals surface area contributed by atoms with Gasteiger partial charge in [0, 0.05) is 6.54 Å². The highest BCUT2D eigenvalue weighted by atomic mass is 16.5. The molecule has 2 rings (SSSR count). The molecule has 0 heterocycles. The van der Waals surface area contributed by atoms with Gasteiger partial charge in [-0.1, -0.05) is 36.4 Å². The van der Waals surface area contributed by atoms with Crippen LogP contribution in [0, 0.1) is 0 Å². The van der Waals surface area contributed by atoms with Gasteiger partial charge in [0.15, 0.2) is 0 Å². The summed E-state index contributed by atoms with van der Waals surface area (Å²) in [5.41, 5.74) is 8.63. The standard InChI is InChI=1S/C15H17NO2/c16-9-12-3-1-5-14(7-12)11-18-15-6-2-4-13(8-15)10-17/h1-8,17H,9-11,16H2. The summed E-state index contributed by atoms with van der Waals surface area (Å²) in [7, 11) is 0. The van der Waals surface area contributed by atoms with Gasteiger partial charge in [-0.2, -0.15) is 0 Å². The van der Waals surface area contributed by atoms with E-state index >= 15 is 0 Å². The summed E-state index contributed by atoms with van der Waals surface area (Å²) in [6.45, 7) is 1.07. The topological polar surface area (TPSA) is 55.5 Å². The van der Waals surface area contributed by atoms with Gasteiger partial charge in [-0.3, -0.25) is 0 Å². The molecule has 3 N–H and O–H groups in total. The molecule has 0 saturated heterocycles. The summed E-state index contributed by atoms with van der Waals surface area (Å²) >= 11 is 0. The van der Waals surface area contributed by atoms with E-state index < -0.39 is 0 Å². The molecule has 18 heavy (non-hydrogen) atoms. The summed E-state index contributed by atoms with van der Waals surface area (Å²) in [4.78, 5) is 0. The zero-order valence-corrected chi connectivity index (χ0v) is 10.2. The number of aliphatic hydroxyl groups is 1. The van der Waals surface area contributed by atoms with E-state index in [-0.39, 0.29) is 6.61 Å². The fourth-order valence-corrected chi connectivity index (χ4v) is 1.75. The molecular formula is C15H17NO2. The van der Waals surface area contributed by atoms with Crippen molar-refractivity contribution in [3.63, 3.8) is 0 Å². The molecule has 2 aromatic rings. The normalized spacial score (nSPS) is 10.3. The van der Waals surface area contributed by atoms with Gasteiger partial charge in [0.2, 0.25) is 0 Å². The van der Waals surface area contributed by atoms with Crippen molar-refractivity contribution >= 4 is 0 Å². The molecule has 0 radical (unpaired) electrons. The molecular weight excluding hydrogens is 226 g/mol. The van der Waals surface area contributed by atoms with E-state index in [4.69, 9.17) is 15.6 Å². The zero-order chi connectivity index (χ0) is 12.8. The van der Waals surface area contributed by atoms with Gasteiger partial charge < -0.3 is 15.6 Å². The van der Waals surface area contributed by atoms with Gasteiger partial charge >= 0.3 is 0 Å². The van der Waals surface area contributed by atoms with Gasteiger partial charge in [-0.25, -0.2) is 0 Å². The lowest BCUT2D eigenvalue weighted by Gasteiger charge is -2.08. The van der Waals surface area contributed by atoms with Crippen LogP contribution in [-0.4, -0.2) is 5.11 Å². The molecule has 3 nitrogen and oxygen atoms in total. The van der Waals surface area contributed by atoms with Crippen LogP contribution in [0.2, 0.25) is 0 Å². The summed E-state index contributed by atoms with van der Waals surface area (Å²) in [5, 5.41) is 9.05. The predicted octanol–water partition coefficient (Wildman–Crippen LogP) is 2.22. The lowest BCUT2D eigenvalue weighted by molar-refractivity contribution is 0.278. The van der Waals surface area contributed by atoms with Crippen LogP contribution in [0.4, 0.5) is 0 Å². The number of ether oxygens (including phenoxy) is 1. The molecule has 94 valence electrons. The molecule has 0 aliphatic heterocycles. The van der Waals surface area contributed by atoms with Crippen LogP contribution in [0.15, 0.2) is 48.5 Å². The molecule has 0 amide bonds. The predicted molar refractivity (Wildman–Crippen MR) is 71.0 cm³/mol. The van der Waals surface area contributed by atoms with Crippen molar-refractivity contribution in [3.8, 4) is 5.75 Å². The monoisotopic (exact) mass is 243 g/mol. The second-order valence-electron chi connectivity index (χ2n) is 4.12. The van der Waals surface area contributed by atoms with Crippen molar-refractivity contribution < 1.29 is 9.84 Å². The number of nitrogens with two attached hydrogens (primary N) is 1. The van der Waals surface area contributed by atoms with Crippen LogP contribution in [-0.2, 0) is 19.8 Å². The fraction of sp³-hybridized carbons (Fsp3) is 0.200. The highest BCUT2D eigenvalue weighted by Gasteiger charge is 1.98. The SMILES string of the molecule is NCc1cccc(COc2cccc(CO)c2)c1. The quantitative estimate of drug-likeness (QED) is 0.846. The number of rotatable bonds is 5. The lowest BCUT2D eigenvalue weighted by Crippen LogP contribution is -2.00. The van der Waals surface area contributed by atoms with Crippen molar-refractivity contribution in [3.05, 3.63) is 65.2 Å². The van der Waals surface area contributed by atoms with E-state index in [1.54, 1.807) is 0 Å². The minimum Gasteiger partial charge on any atom is -0.489 e. The molecule has 2 aromatic carbocycles. The maximum Gasteiger partial charge on any atom is 0.120 e. The first-order valence-corrected chi connectivity index (χ1v) is 5.92. The Hall–Kier alpha value is -1.84. The molecule has 0 saturated carbocycles. The highest BCUT2D eigenvalue weighted by Crippen LogP contribution is 2.15. The first-order valence-electron chi connectivity index (χ1n) is 5.92. The van der Waals surface area contributed by atoms with Gasteiger partial charge in [0.25, 0.3) is 0 Å². The van der Waals surface area contributed by atoms with Crippen LogP contribution in [0.25, 0.3) is 0 Å². The Morgan fingerprint density at radius 2 is 1.67 bits per heavy atom. The third-order valence-electron chi connectivity index (χ3n) is 2.71. The largest absolute Gasteiger partial charge is 0.489 e. The van der Waals surface area contributed by atoms with Crippen molar-refractivity contribution in [1.29, 1.82) is 0 Å². The van der Waals surface area contributed by atoms with Gasteiger partial charge in [-0.15, -0.1) is 0 Å². The average Bonchev–Trinajstić information content (AvgIpc) is 2.45. The number of aliphatic hydroxyl groups excluding tert-OH is 1. The minimum absolute atomic E-state index is 0.0276. The third kappa shape index (κ3) is 3.32. The summed E-state index contributed by atoms with van der Waals surface area (Å²) in [6.07, 6.45) is 0. The number of hydrogen-bond donors (Lipinski definition) is 2. The minimum atomic E-state index is 0.0276. The molecule has 0 unspecified atom stereocenters. The molecule has 0 atom stereocenters. The van der Waals surface area contributed by atoms with Gasteiger partial charge in [0.1, 0.15) is 12.4 Å². The Balaban J connectivity index is 2.01. The summed E-state index contributed by atoms with van der Waals surface area (Å²) in [5.74, 6) is 0.764. The second kappa shape index (κ2) is 6.19. The summed E-state index contributed by atoms with van der Waals surface area (Å²) < 4.78 is 5.68. The van der Waals surface area contributed by atoms with E-state index in [0.29, 0.717) is 13.2 Å². The van der Waals surface area contributed by atoms with Crippen molar-refractivity contribution in [2.75, 3.05) is 0 Å². The average molecular weight is 243 g/mol. The Morgan fingerprint density at radius 3 is 2.44 bits per heavy atom. The van der Waals surface area contributed by atoms with E-state index in [0.717, 1.165) is 22.4 Å². The highest BCUT2D eigenvalue weighted by molar-refractivity contribution is 5.29. The maximum atomic E-state index is 9.05. The van der Waals surface area contributed by atoms with Crippen molar-refractivity contribution in [2.24, 2.45) is 5.73 Å². The zero-order valence-electron chi connectivity index (χ0n) is 10.2. The van der Waals surface area contributed by atoms with Crippen LogP contribution < -0.4 is 10.5 Å². The van der Waals surface area contributed by atoms with Crippen molar-refractivity contribution in [1.82, 2.24) is 0 Å². The van der Waals surface area contributed by atoms with E-state index in [1.165, 1.54) is 0 Å². The molecule has 3 heteroatoms.